The average Bonchev–Trinajstić information content (AvgIpc) is 3.16. The quantitative estimate of drug-likeness (QED) is 0.593. The average molecular weight is 421 g/mol. The topological polar surface area (TPSA) is 59.8 Å². The molecule has 0 bridgehead atoms. The van der Waals surface area contributed by atoms with Gasteiger partial charge in [0.15, 0.2) is 0 Å². The molecule has 0 aliphatic rings. The van der Waals surface area contributed by atoms with E-state index in [9.17, 15) is 4.79 Å². The molecule has 0 atom stereocenters. The van der Waals surface area contributed by atoms with Crippen LogP contribution in [0.2, 0.25) is 10.0 Å². The maximum Gasteiger partial charge on any atom is 0.230 e. The van der Waals surface area contributed by atoms with E-state index in [1.807, 2.05) is 30.3 Å². The van der Waals surface area contributed by atoms with Crippen LogP contribution in [0.5, 0.6) is 0 Å². The van der Waals surface area contributed by atoms with Crippen molar-refractivity contribution in [3.63, 3.8) is 0 Å². The highest BCUT2D eigenvalue weighted by Gasteiger charge is 2.05. The first-order chi connectivity index (χ1) is 13.1. The molecule has 1 aromatic heterocycles. The zero-order valence-electron chi connectivity index (χ0n) is 14.4. The molecule has 1 amide bonds. The molecule has 1 heterocycles. The van der Waals surface area contributed by atoms with Crippen LogP contribution in [0.1, 0.15) is 16.7 Å². The predicted octanol–water partition coefficient (Wildman–Crippen LogP) is 4.18. The van der Waals surface area contributed by atoms with Gasteiger partial charge in [0, 0.05) is 22.3 Å². The number of amides is 1. The van der Waals surface area contributed by atoms with Gasteiger partial charge >= 0.3 is 0 Å². The molecule has 0 fully saturated rings. The Bertz CT molecular complexity index is 885. The van der Waals surface area contributed by atoms with Crippen molar-refractivity contribution >= 4 is 40.9 Å². The van der Waals surface area contributed by atoms with Crippen molar-refractivity contribution in [1.29, 1.82) is 0 Å². The van der Waals surface area contributed by atoms with Gasteiger partial charge in [0.25, 0.3) is 0 Å². The summed E-state index contributed by atoms with van der Waals surface area (Å²) in [6, 6.07) is 13.5. The molecule has 5 nitrogen and oxygen atoms in total. The Morgan fingerprint density at radius 2 is 1.89 bits per heavy atom. The number of aromatic nitrogens is 3. The Labute approximate surface area is 172 Å². The van der Waals surface area contributed by atoms with E-state index in [1.165, 1.54) is 18.1 Å². The number of carbonyl (C=O) groups excluding carboxylic acids is 1. The van der Waals surface area contributed by atoms with Crippen molar-refractivity contribution in [3.8, 4) is 0 Å². The first-order valence-electron chi connectivity index (χ1n) is 8.29. The molecule has 0 spiro atoms. The van der Waals surface area contributed by atoms with Crippen LogP contribution in [-0.4, -0.2) is 26.4 Å². The van der Waals surface area contributed by atoms with E-state index in [2.05, 4.69) is 15.4 Å². The third-order valence-corrected chi connectivity index (χ3v) is 5.40. The van der Waals surface area contributed by atoms with Crippen molar-refractivity contribution in [2.24, 2.45) is 0 Å². The van der Waals surface area contributed by atoms with Crippen LogP contribution in [0.25, 0.3) is 0 Å². The van der Waals surface area contributed by atoms with Gasteiger partial charge in [-0.1, -0.05) is 53.5 Å². The number of hydrogen-bond acceptors (Lipinski definition) is 4. The molecule has 3 aromatic rings. The lowest BCUT2D eigenvalue weighted by Gasteiger charge is -2.08. The molecule has 0 saturated carbocycles. The Morgan fingerprint density at radius 3 is 2.59 bits per heavy atom. The summed E-state index contributed by atoms with van der Waals surface area (Å²) >= 11 is 13.5. The summed E-state index contributed by atoms with van der Waals surface area (Å²) in [6.45, 7) is 1.18. The number of halogens is 2. The van der Waals surface area contributed by atoms with Gasteiger partial charge in [-0.25, -0.2) is 9.67 Å². The maximum atomic E-state index is 12.0. The van der Waals surface area contributed by atoms with Crippen LogP contribution in [0.15, 0.2) is 55.1 Å². The lowest BCUT2D eigenvalue weighted by molar-refractivity contribution is -0.118. The van der Waals surface area contributed by atoms with E-state index in [1.54, 1.807) is 23.1 Å². The minimum Gasteiger partial charge on any atom is -0.351 e. The molecule has 3 rings (SSSR count). The van der Waals surface area contributed by atoms with E-state index >= 15 is 0 Å². The Balaban J connectivity index is 1.39. The Kier molecular flexibility index (Phi) is 7.15. The molecule has 2 aromatic carbocycles. The molecule has 0 radical (unpaired) electrons. The van der Waals surface area contributed by atoms with Crippen LogP contribution in [0.4, 0.5) is 0 Å². The highest BCUT2D eigenvalue weighted by atomic mass is 35.5. The van der Waals surface area contributed by atoms with Gasteiger partial charge in [-0.2, -0.15) is 5.10 Å². The van der Waals surface area contributed by atoms with Crippen LogP contribution in [-0.2, 0) is 23.6 Å². The molecule has 0 aliphatic heterocycles. The molecular formula is C19H18Cl2N4OS. The second kappa shape index (κ2) is 9.78. The SMILES string of the molecule is O=C(CSCc1ccc(Cl)cc1Cl)NCc1ccc(Cn2cncn2)cc1. The van der Waals surface area contributed by atoms with Crippen molar-refractivity contribution in [3.05, 3.63) is 81.9 Å². The summed E-state index contributed by atoms with van der Waals surface area (Å²) in [5.74, 6) is 1.04. The van der Waals surface area contributed by atoms with Crippen molar-refractivity contribution in [2.45, 2.75) is 18.8 Å². The lowest BCUT2D eigenvalue weighted by Crippen LogP contribution is -2.24. The zero-order valence-corrected chi connectivity index (χ0v) is 16.8. The van der Waals surface area contributed by atoms with Gasteiger partial charge in [-0.05, 0) is 28.8 Å². The van der Waals surface area contributed by atoms with Crippen LogP contribution >= 0.6 is 35.0 Å². The fourth-order valence-electron chi connectivity index (χ4n) is 2.41. The Morgan fingerprint density at radius 1 is 1.11 bits per heavy atom. The van der Waals surface area contributed by atoms with E-state index < -0.39 is 0 Å². The van der Waals surface area contributed by atoms with Gasteiger partial charge in [-0.15, -0.1) is 11.8 Å². The third kappa shape index (κ3) is 6.27. The van der Waals surface area contributed by atoms with E-state index in [-0.39, 0.29) is 5.91 Å². The fourth-order valence-corrected chi connectivity index (χ4v) is 3.82. The summed E-state index contributed by atoms with van der Waals surface area (Å²) in [5, 5.41) is 8.25. The van der Waals surface area contributed by atoms with Crippen molar-refractivity contribution in [1.82, 2.24) is 20.1 Å². The van der Waals surface area contributed by atoms with E-state index in [0.29, 0.717) is 34.6 Å². The summed E-state index contributed by atoms with van der Waals surface area (Å²) in [6.07, 6.45) is 3.20. The summed E-state index contributed by atoms with van der Waals surface area (Å²) in [7, 11) is 0. The molecule has 27 heavy (non-hydrogen) atoms. The molecule has 0 saturated heterocycles. The molecular weight excluding hydrogens is 403 g/mol. The standard InChI is InChI=1S/C19H18Cl2N4OS/c20-17-6-5-16(18(21)7-17)10-27-11-19(26)23-8-14-1-3-15(4-2-14)9-25-13-22-12-24-25/h1-7,12-13H,8-11H2,(H,23,26). The predicted molar refractivity (Wildman–Crippen MR) is 110 cm³/mol. The number of nitrogens with zero attached hydrogens (tertiary/aromatic N) is 3. The highest BCUT2D eigenvalue weighted by molar-refractivity contribution is 7.99. The normalized spacial score (nSPS) is 10.7. The zero-order chi connectivity index (χ0) is 19.1. The third-order valence-electron chi connectivity index (χ3n) is 3.83. The second-order valence-electron chi connectivity index (χ2n) is 5.91. The monoisotopic (exact) mass is 420 g/mol. The first kappa shape index (κ1) is 19.7. The van der Waals surface area contributed by atoms with E-state index in [0.717, 1.165) is 16.7 Å². The van der Waals surface area contributed by atoms with Gasteiger partial charge in [0.05, 0.1) is 12.3 Å². The number of hydrogen-bond donors (Lipinski definition) is 1. The minimum atomic E-state index is -0.00298. The maximum absolute atomic E-state index is 12.0. The van der Waals surface area contributed by atoms with Gasteiger partial charge in [0.1, 0.15) is 12.7 Å². The van der Waals surface area contributed by atoms with Gasteiger partial charge < -0.3 is 5.32 Å². The number of rotatable bonds is 8. The highest BCUT2D eigenvalue weighted by Crippen LogP contribution is 2.24. The second-order valence-corrected chi connectivity index (χ2v) is 7.74. The van der Waals surface area contributed by atoms with Gasteiger partial charge in [0.2, 0.25) is 5.91 Å². The molecule has 0 unspecified atom stereocenters. The number of carbonyl (C=O) groups is 1. The minimum absolute atomic E-state index is 0.00298. The number of thioether (sulfide) groups is 1. The Hall–Kier alpha value is -2.02. The summed E-state index contributed by atoms with van der Waals surface area (Å²) in [5.41, 5.74) is 3.16. The lowest BCUT2D eigenvalue weighted by atomic mass is 10.1. The smallest absolute Gasteiger partial charge is 0.230 e. The van der Waals surface area contributed by atoms with Crippen molar-refractivity contribution in [2.75, 3.05) is 5.75 Å². The first-order valence-corrected chi connectivity index (χ1v) is 10.2. The number of benzene rings is 2. The van der Waals surface area contributed by atoms with Crippen molar-refractivity contribution < 1.29 is 4.79 Å². The van der Waals surface area contributed by atoms with Gasteiger partial charge in [-0.3, -0.25) is 4.79 Å². The van der Waals surface area contributed by atoms with E-state index in [4.69, 9.17) is 23.2 Å². The summed E-state index contributed by atoms with van der Waals surface area (Å²) in [4.78, 5) is 15.9. The molecule has 8 heteroatoms. The molecule has 1 N–H and O–H groups in total. The molecule has 140 valence electrons. The summed E-state index contributed by atoms with van der Waals surface area (Å²) < 4.78 is 1.76. The fraction of sp³-hybridized carbons (Fsp3) is 0.211. The molecule has 0 aliphatic carbocycles. The van der Waals surface area contributed by atoms with Crippen LogP contribution in [0.3, 0.4) is 0 Å². The van der Waals surface area contributed by atoms with Crippen LogP contribution < -0.4 is 5.32 Å². The largest absolute Gasteiger partial charge is 0.351 e. The van der Waals surface area contributed by atoms with Crippen LogP contribution in [0, 0.1) is 0 Å². The number of nitrogens with one attached hydrogen (secondary N) is 1.